The van der Waals surface area contributed by atoms with E-state index in [1.165, 1.54) is 32.1 Å². The van der Waals surface area contributed by atoms with Crippen molar-refractivity contribution in [2.75, 3.05) is 6.61 Å². The van der Waals surface area contributed by atoms with Crippen molar-refractivity contribution >= 4 is 11.8 Å². The number of unbranched alkanes of at least 4 members (excludes halogenated alkanes) is 5. The predicted molar refractivity (Wildman–Crippen MR) is 104 cm³/mol. The van der Waals surface area contributed by atoms with E-state index in [0.717, 1.165) is 29.9 Å². The summed E-state index contributed by atoms with van der Waals surface area (Å²) in [5, 5.41) is 17.0. The Morgan fingerprint density at radius 1 is 1.12 bits per heavy atom. The standard InChI is InChI=1S/C22H28N2O/c1-2-3-4-5-6-7-14-25-22-12-8-18(9-13-22)15-20-16-21(24)11-10-19(20)17-23/h8-10,12-13,15,24H,2-7,11,14,16H2,1H3. The number of benzene rings is 1. The molecule has 0 amide bonds. The third-order valence-corrected chi connectivity index (χ3v) is 4.41. The Labute approximate surface area is 151 Å². The molecule has 3 nitrogen and oxygen atoms in total. The van der Waals surface area contributed by atoms with Crippen LogP contribution in [0.3, 0.4) is 0 Å². The molecule has 25 heavy (non-hydrogen) atoms. The second-order valence-corrected chi connectivity index (χ2v) is 6.57. The molecular formula is C22H28N2O. The maximum absolute atomic E-state index is 9.21. The Hall–Kier alpha value is -2.34. The summed E-state index contributed by atoms with van der Waals surface area (Å²) in [5.41, 5.74) is 3.32. The molecule has 0 atom stereocenters. The van der Waals surface area contributed by atoms with Gasteiger partial charge in [-0.05, 0) is 29.7 Å². The second kappa shape index (κ2) is 10.5. The van der Waals surface area contributed by atoms with E-state index in [1.807, 2.05) is 36.4 Å². The van der Waals surface area contributed by atoms with Crippen LogP contribution in [0.25, 0.3) is 6.08 Å². The van der Waals surface area contributed by atoms with Gasteiger partial charge in [-0.2, -0.15) is 5.26 Å². The van der Waals surface area contributed by atoms with Crippen molar-refractivity contribution in [2.24, 2.45) is 0 Å². The van der Waals surface area contributed by atoms with Gasteiger partial charge in [-0.15, -0.1) is 0 Å². The van der Waals surface area contributed by atoms with Crippen molar-refractivity contribution in [1.29, 1.82) is 10.7 Å². The van der Waals surface area contributed by atoms with Crippen LogP contribution in [0.1, 0.15) is 63.9 Å². The van der Waals surface area contributed by atoms with Crippen LogP contribution in [-0.4, -0.2) is 12.3 Å². The molecule has 1 aliphatic rings. The average Bonchev–Trinajstić information content (AvgIpc) is 2.62. The highest BCUT2D eigenvalue weighted by atomic mass is 16.5. The van der Waals surface area contributed by atoms with Crippen molar-refractivity contribution in [1.82, 2.24) is 0 Å². The fourth-order valence-corrected chi connectivity index (χ4v) is 2.93. The molecule has 0 bridgehead atoms. The Bertz CT molecular complexity index is 662. The summed E-state index contributed by atoms with van der Waals surface area (Å²) in [7, 11) is 0. The summed E-state index contributed by atoms with van der Waals surface area (Å²) in [6.45, 7) is 3.00. The first-order chi connectivity index (χ1) is 12.2. The van der Waals surface area contributed by atoms with E-state index in [9.17, 15) is 5.26 Å². The number of hydrogen-bond donors (Lipinski definition) is 1. The third-order valence-electron chi connectivity index (χ3n) is 4.41. The number of hydrogen-bond acceptors (Lipinski definition) is 3. The van der Waals surface area contributed by atoms with E-state index in [4.69, 9.17) is 10.1 Å². The van der Waals surface area contributed by atoms with Gasteiger partial charge in [0.2, 0.25) is 0 Å². The lowest BCUT2D eigenvalue weighted by Crippen LogP contribution is -2.05. The molecule has 0 spiro atoms. The molecule has 1 aromatic carbocycles. The Morgan fingerprint density at radius 2 is 1.84 bits per heavy atom. The minimum atomic E-state index is 0.565. The van der Waals surface area contributed by atoms with Gasteiger partial charge in [-0.25, -0.2) is 0 Å². The predicted octanol–water partition coefficient (Wildman–Crippen LogP) is 6.07. The van der Waals surface area contributed by atoms with Crippen LogP contribution in [0.5, 0.6) is 5.75 Å². The van der Waals surface area contributed by atoms with Crippen molar-refractivity contribution in [3.8, 4) is 11.8 Å². The lowest BCUT2D eigenvalue weighted by atomic mass is 9.91. The van der Waals surface area contributed by atoms with Gasteiger partial charge < -0.3 is 10.1 Å². The van der Waals surface area contributed by atoms with Crippen LogP contribution in [0.15, 0.2) is 41.5 Å². The first kappa shape index (κ1) is 19.0. The molecule has 0 aliphatic heterocycles. The lowest BCUT2D eigenvalue weighted by Gasteiger charge is -2.13. The van der Waals surface area contributed by atoms with Gasteiger partial charge >= 0.3 is 0 Å². The van der Waals surface area contributed by atoms with E-state index >= 15 is 0 Å². The molecule has 1 N–H and O–H groups in total. The normalized spacial score (nSPS) is 15.8. The maximum atomic E-state index is 9.21. The number of nitriles is 1. The van der Waals surface area contributed by atoms with Crippen molar-refractivity contribution in [3.05, 3.63) is 47.1 Å². The highest BCUT2D eigenvalue weighted by molar-refractivity contribution is 5.90. The lowest BCUT2D eigenvalue weighted by molar-refractivity contribution is 0.304. The van der Waals surface area contributed by atoms with Gasteiger partial charge in [-0.3, -0.25) is 0 Å². The summed E-state index contributed by atoms with van der Waals surface area (Å²) >= 11 is 0. The van der Waals surface area contributed by atoms with Crippen LogP contribution in [0.4, 0.5) is 0 Å². The average molecular weight is 336 g/mol. The van der Waals surface area contributed by atoms with Crippen molar-refractivity contribution in [2.45, 2.75) is 58.3 Å². The molecule has 2 rings (SSSR count). The maximum Gasteiger partial charge on any atom is 0.119 e. The van der Waals surface area contributed by atoms with E-state index in [-0.39, 0.29) is 0 Å². The number of nitrogens with one attached hydrogen (secondary N) is 1. The number of allylic oxidation sites excluding steroid dienone is 3. The summed E-state index contributed by atoms with van der Waals surface area (Å²) in [5.74, 6) is 0.892. The summed E-state index contributed by atoms with van der Waals surface area (Å²) in [6, 6.07) is 10.2. The molecule has 0 heterocycles. The minimum absolute atomic E-state index is 0.565. The molecule has 1 aliphatic carbocycles. The molecule has 0 unspecified atom stereocenters. The van der Waals surface area contributed by atoms with Gasteiger partial charge in [0.15, 0.2) is 0 Å². The minimum Gasteiger partial charge on any atom is -0.494 e. The fraction of sp³-hybridized carbons (Fsp3) is 0.455. The van der Waals surface area contributed by atoms with Crippen LogP contribution in [-0.2, 0) is 0 Å². The SMILES string of the molecule is CCCCCCCCOc1ccc(C=C2CC(=N)CC=C2C#N)cc1. The van der Waals surface area contributed by atoms with Gasteiger partial charge in [0.1, 0.15) is 5.75 Å². The van der Waals surface area contributed by atoms with Crippen LogP contribution >= 0.6 is 0 Å². The molecule has 0 aromatic heterocycles. The quantitative estimate of drug-likeness (QED) is 0.556. The van der Waals surface area contributed by atoms with Crippen LogP contribution in [0, 0.1) is 16.7 Å². The topological polar surface area (TPSA) is 56.9 Å². The van der Waals surface area contributed by atoms with E-state index in [0.29, 0.717) is 24.1 Å². The summed E-state index contributed by atoms with van der Waals surface area (Å²) in [4.78, 5) is 0. The van der Waals surface area contributed by atoms with E-state index in [2.05, 4.69) is 13.0 Å². The zero-order valence-corrected chi connectivity index (χ0v) is 15.2. The Morgan fingerprint density at radius 3 is 2.56 bits per heavy atom. The van der Waals surface area contributed by atoms with E-state index < -0.39 is 0 Å². The molecule has 132 valence electrons. The van der Waals surface area contributed by atoms with Crippen molar-refractivity contribution in [3.63, 3.8) is 0 Å². The second-order valence-electron chi connectivity index (χ2n) is 6.57. The van der Waals surface area contributed by atoms with Gasteiger partial charge in [-0.1, -0.05) is 63.3 Å². The smallest absolute Gasteiger partial charge is 0.119 e. The zero-order chi connectivity index (χ0) is 17.9. The number of nitrogens with zero attached hydrogens (tertiary/aromatic N) is 1. The van der Waals surface area contributed by atoms with Gasteiger partial charge in [0, 0.05) is 18.6 Å². The monoisotopic (exact) mass is 336 g/mol. The van der Waals surface area contributed by atoms with Crippen molar-refractivity contribution < 1.29 is 4.74 Å². The highest BCUT2D eigenvalue weighted by Crippen LogP contribution is 2.25. The zero-order valence-electron chi connectivity index (χ0n) is 15.2. The Kier molecular flexibility index (Phi) is 7.98. The van der Waals surface area contributed by atoms with Gasteiger partial charge in [0.05, 0.1) is 18.2 Å². The first-order valence-electron chi connectivity index (χ1n) is 9.33. The first-order valence-corrected chi connectivity index (χ1v) is 9.33. The van der Waals surface area contributed by atoms with Gasteiger partial charge in [0.25, 0.3) is 0 Å². The van der Waals surface area contributed by atoms with Crippen LogP contribution < -0.4 is 4.74 Å². The third kappa shape index (κ3) is 6.58. The molecular weight excluding hydrogens is 308 g/mol. The molecule has 1 aromatic rings. The Balaban J connectivity index is 1.83. The number of rotatable bonds is 9. The number of ether oxygens (including phenoxy) is 1. The molecule has 0 fully saturated rings. The molecule has 0 saturated carbocycles. The molecule has 0 radical (unpaired) electrons. The summed E-state index contributed by atoms with van der Waals surface area (Å²) < 4.78 is 5.80. The van der Waals surface area contributed by atoms with Crippen LogP contribution in [0.2, 0.25) is 0 Å². The largest absolute Gasteiger partial charge is 0.494 e. The highest BCUT2D eigenvalue weighted by Gasteiger charge is 2.13. The summed E-state index contributed by atoms with van der Waals surface area (Å²) in [6.07, 6.45) is 12.6. The molecule has 3 heteroatoms. The fourth-order valence-electron chi connectivity index (χ4n) is 2.93. The van der Waals surface area contributed by atoms with E-state index in [1.54, 1.807) is 0 Å². The molecule has 0 saturated heterocycles.